The summed E-state index contributed by atoms with van der Waals surface area (Å²) in [6, 6.07) is 4.93. The van der Waals surface area contributed by atoms with Crippen LogP contribution in [0.15, 0.2) is 18.2 Å². The highest BCUT2D eigenvalue weighted by molar-refractivity contribution is 5.75. The molecule has 1 aliphatic rings. The molecule has 104 valence electrons. The SMILES string of the molecule is COC(=O)C(N)COc1cccc2c1OC(C)(C)C2. The Morgan fingerprint density at radius 3 is 2.95 bits per heavy atom. The second-order valence-corrected chi connectivity index (χ2v) is 5.22. The second-order valence-electron chi connectivity index (χ2n) is 5.22. The molecule has 1 aliphatic heterocycles. The Morgan fingerprint density at radius 2 is 2.26 bits per heavy atom. The number of methoxy groups -OCH3 is 1. The lowest BCUT2D eigenvalue weighted by Gasteiger charge is -2.18. The predicted octanol–water partition coefficient (Wildman–Crippen LogP) is 1.28. The topological polar surface area (TPSA) is 70.8 Å². The number of rotatable bonds is 4. The molecule has 0 bridgehead atoms. The van der Waals surface area contributed by atoms with Gasteiger partial charge in [0, 0.05) is 12.0 Å². The van der Waals surface area contributed by atoms with Gasteiger partial charge in [-0.25, -0.2) is 0 Å². The maximum atomic E-state index is 11.2. The molecule has 1 atom stereocenters. The van der Waals surface area contributed by atoms with Crippen LogP contribution >= 0.6 is 0 Å². The van der Waals surface area contributed by atoms with Crippen LogP contribution in [0.2, 0.25) is 0 Å². The molecule has 5 heteroatoms. The zero-order valence-corrected chi connectivity index (χ0v) is 11.4. The van der Waals surface area contributed by atoms with Gasteiger partial charge >= 0.3 is 5.97 Å². The molecule has 2 N–H and O–H groups in total. The minimum Gasteiger partial charge on any atom is -0.487 e. The molecule has 0 spiro atoms. The molecule has 0 aromatic heterocycles. The number of esters is 1. The van der Waals surface area contributed by atoms with Crippen LogP contribution in [-0.2, 0) is 16.0 Å². The lowest BCUT2D eigenvalue weighted by atomic mass is 10.0. The number of benzene rings is 1. The standard InChI is InChI=1S/C14H19NO4/c1-14(2)7-9-5-4-6-11(12(9)19-14)18-8-10(15)13(16)17-3/h4-6,10H,7-8,15H2,1-3H3. The van der Waals surface area contributed by atoms with E-state index in [1.807, 2.05) is 32.0 Å². The van der Waals surface area contributed by atoms with Gasteiger partial charge in [0.15, 0.2) is 11.5 Å². The van der Waals surface area contributed by atoms with Crippen molar-refractivity contribution in [1.82, 2.24) is 0 Å². The first kappa shape index (κ1) is 13.7. The third-order valence-electron chi connectivity index (χ3n) is 2.98. The van der Waals surface area contributed by atoms with Crippen molar-refractivity contribution in [3.05, 3.63) is 23.8 Å². The van der Waals surface area contributed by atoms with E-state index in [9.17, 15) is 4.79 Å². The molecule has 0 fully saturated rings. The van der Waals surface area contributed by atoms with Gasteiger partial charge in [0.2, 0.25) is 0 Å². The fourth-order valence-electron chi connectivity index (χ4n) is 2.10. The summed E-state index contributed by atoms with van der Waals surface area (Å²) in [5.74, 6) is 0.862. The van der Waals surface area contributed by atoms with Crippen molar-refractivity contribution in [2.24, 2.45) is 5.73 Å². The number of carbonyl (C=O) groups excluding carboxylic acids is 1. The maximum Gasteiger partial charge on any atom is 0.326 e. The molecule has 1 aromatic rings. The molecule has 0 aliphatic carbocycles. The van der Waals surface area contributed by atoms with E-state index in [4.69, 9.17) is 15.2 Å². The van der Waals surface area contributed by atoms with Gasteiger partial charge in [-0.15, -0.1) is 0 Å². The summed E-state index contributed by atoms with van der Waals surface area (Å²) in [6.07, 6.45) is 0.836. The first-order valence-electron chi connectivity index (χ1n) is 6.20. The Balaban J connectivity index is 2.08. The molecule has 0 amide bonds. The van der Waals surface area contributed by atoms with Crippen molar-refractivity contribution in [2.75, 3.05) is 13.7 Å². The third kappa shape index (κ3) is 2.98. The molecule has 1 unspecified atom stereocenters. The average molecular weight is 265 g/mol. The molecule has 2 rings (SSSR count). The summed E-state index contributed by atoms with van der Waals surface area (Å²) in [6.45, 7) is 4.11. The molecule has 19 heavy (non-hydrogen) atoms. The van der Waals surface area contributed by atoms with E-state index < -0.39 is 12.0 Å². The van der Waals surface area contributed by atoms with Gasteiger partial charge in [-0.2, -0.15) is 0 Å². The van der Waals surface area contributed by atoms with Crippen LogP contribution in [0.5, 0.6) is 11.5 Å². The Morgan fingerprint density at radius 1 is 1.53 bits per heavy atom. The summed E-state index contributed by atoms with van der Waals surface area (Å²) < 4.78 is 16.0. The molecule has 0 radical (unpaired) electrons. The molecular weight excluding hydrogens is 246 g/mol. The fraction of sp³-hybridized carbons (Fsp3) is 0.500. The maximum absolute atomic E-state index is 11.2. The van der Waals surface area contributed by atoms with Gasteiger partial charge in [-0.1, -0.05) is 12.1 Å². The number of hydrogen-bond donors (Lipinski definition) is 1. The fourth-order valence-corrected chi connectivity index (χ4v) is 2.10. The average Bonchev–Trinajstić information content (AvgIpc) is 2.69. The Kier molecular flexibility index (Phi) is 3.66. The summed E-state index contributed by atoms with van der Waals surface area (Å²) in [5.41, 5.74) is 6.51. The molecule has 5 nitrogen and oxygen atoms in total. The van der Waals surface area contributed by atoms with Crippen LogP contribution in [0, 0.1) is 0 Å². The van der Waals surface area contributed by atoms with Crippen molar-refractivity contribution in [1.29, 1.82) is 0 Å². The number of nitrogens with two attached hydrogens (primary N) is 1. The number of fused-ring (bicyclic) bond motifs is 1. The highest BCUT2D eigenvalue weighted by Gasteiger charge is 2.32. The van der Waals surface area contributed by atoms with Gasteiger partial charge < -0.3 is 19.9 Å². The zero-order valence-electron chi connectivity index (χ0n) is 11.4. The van der Waals surface area contributed by atoms with E-state index in [0.717, 1.165) is 17.7 Å². The Bertz CT molecular complexity index is 484. The van der Waals surface area contributed by atoms with Gasteiger partial charge in [-0.3, -0.25) is 4.79 Å². The van der Waals surface area contributed by atoms with Crippen molar-refractivity contribution in [3.63, 3.8) is 0 Å². The smallest absolute Gasteiger partial charge is 0.326 e. The van der Waals surface area contributed by atoms with Crippen LogP contribution in [-0.4, -0.2) is 31.3 Å². The molecule has 0 saturated heterocycles. The van der Waals surface area contributed by atoms with Crippen molar-refractivity contribution >= 4 is 5.97 Å². The minimum absolute atomic E-state index is 0.0624. The largest absolute Gasteiger partial charge is 0.487 e. The zero-order chi connectivity index (χ0) is 14.0. The van der Waals surface area contributed by atoms with Gasteiger partial charge in [-0.05, 0) is 19.9 Å². The number of ether oxygens (including phenoxy) is 3. The summed E-state index contributed by atoms with van der Waals surface area (Å²) >= 11 is 0. The van der Waals surface area contributed by atoms with E-state index in [-0.39, 0.29) is 12.2 Å². The Labute approximate surface area is 112 Å². The lowest BCUT2D eigenvalue weighted by Crippen LogP contribution is -2.37. The van der Waals surface area contributed by atoms with Crippen LogP contribution < -0.4 is 15.2 Å². The molecule has 1 aromatic carbocycles. The number of hydrogen-bond acceptors (Lipinski definition) is 5. The third-order valence-corrected chi connectivity index (χ3v) is 2.98. The minimum atomic E-state index is -0.796. The van der Waals surface area contributed by atoms with Crippen LogP contribution in [0.1, 0.15) is 19.4 Å². The van der Waals surface area contributed by atoms with Gasteiger partial charge in [0.05, 0.1) is 7.11 Å². The number of para-hydroxylation sites is 1. The first-order valence-corrected chi connectivity index (χ1v) is 6.20. The van der Waals surface area contributed by atoms with Crippen molar-refractivity contribution < 1.29 is 19.0 Å². The highest BCUT2D eigenvalue weighted by atomic mass is 16.5. The van der Waals surface area contributed by atoms with Gasteiger partial charge in [0.1, 0.15) is 18.2 Å². The van der Waals surface area contributed by atoms with Crippen molar-refractivity contribution in [3.8, 4) is 11.5 Å². The van der Waals surface area contributed by atoms with Crippen LogP contribution in [0.3, 0.4) is 0 Å². The monoisotopic (exact) mass is 265 g/mol. The lowest BCUT2D eigenvalue weighted by molar-refractivity contribution is -0.142. The predicted molar refractivity (Wildman–Crippen MR) is 70.3 cm³/mol. The Hall–Kier alpha value is -1.75. The summed E-state index contributed by atoms with van der Waals surface area (Å²) in [7, 11) is 1.30. The quantitative estimate of drug-likeness (QED) is 0.830. The summed E-state index contributed by atoms with van der Waals surface area (Å²) in [4.78, 5) is 11.2. The normalized spacial score (nSPS) is 17.3. The summed E-state index contributed by atoms with van der Waals surface area (Å²) in [5, 5.41) is 0. The molecular formula is C14H19NO4. The van der Waals surface area contributed by atoms with E-state index in [0.29, 0.717) is 5.75 Å². The van der Waals surface area contributed by atoms with Crippen LogP contribution in [0.4, 0.5) is 0 Å². The number of carbonyl (C=O) groups is 1. The van der Waals surface area contributed by atoms with E-state index in [1.54, 1.807) is 0 Å². The first-order chi connectivity index (χ1) is 8.93. The van der Waals surface area contributed by atoms with Crippen molar-refractivity contribution in [2.45, 2.75) is 31.9 Å². The highest BCUT2D eigenvalue weighted by Crippen LogP contribution is 2.41. The van der Waals surface area contributed by atoms with E-state index in [2.05, 4.69) is 4.74 Å². The van der Waals surface area contributed by atoms with E-state index >= 15 is 0 Å². The second kappa shape index (κ2) is 5.09. The van der Waals surface area contributed by atoms with E-state index in [1.165, 1.54) is 7.11 Å². The van der Waals surface area contributed by atoms with Crippen LogP contribution in [0.25, 0.3) is 0 Å². The van der Waals surface area contributed by atoms with Gasteiger partial charge in [0.25, 0.3) is 0 Å². The molecule has 0 saturated carbocycles. The molecule has 1 heterocycles.